The lowest BCUT2D eigenvalue weighted by Crippen LogP contribution is -2.34. The summed E-state index contributed by atoms with van der Waals surface area (Å²) in [6.45, 7) is 7.10. The molecule has 0 saturated carbocycles. The first-order valence-electron chi connectivity index (χ1n) is 11.5. The number of esters is 1. The van der Waals surface area contributed by atoms with Gasteiger partial charge in [-0.05, 0) is 55.3 Å². The number of fused-ring (bicyclic) bond motifs is 1. The highest BCUT2D eigenvalue weighted by Gasteiger charge is 2.48. The van der Waals surface area contributed by atoms with Crippen LogP contribution in [0.4, 0.5) is 8.78 Å². The van der Waals surface area contributed by atoms with E-state index in [0.717, 1.165) is 31.1 Å². The van der Waals surface area contributed by atoms with E-state index in [9.17, 15) is 13.6 Å². The summed E-state index contributed by atoms with van der Waals surface area (Å²) in [5.74, 6) is -1.66. The van der Waals surface area contributed by atoms with E-state index >= 15 is 0 Å². The lowest BCUT2D eigenvalue weighted by atomic mass is 9.82. The molecule has 1 saturated heterocycles. The van der Waals surface area contributed by atoms with E-state index in [2.05, 4.69) is 17.1 Å². The van der Waals surface area contributed by atoms with Gasteiger partial charge in [0.1, 0.15) is 0 Å². The molecule has 3 atom stereocenters. The number of hydrogen-bond acceptors (Lipinski definition) is 6. The van der Waals surface area contributed by atoms with Crippen molar-refractivity contribution in [2.24, 2.45) is 5.92 Å². The van der Waals surface area contributed by atoms with E-state index < -0.39 is 23.6 Å². The first-order chi connectivity index (χ1) is 16.0. The second-order valence-corrected chi connectivity index (χ2v) is 8.36. The summed E-state index contributed by atoms with van der Waals surface area (Å²) in [5.41, 5.74) is 1.49. The Kier molecular flexibility index (Phi) is 7.45. The van der Waals surface area contributed by atoms with Gasteiger partial charge in [0.05, 0.1) is 12.5 Å². The Balaban J connectivity index is 1.72. The molecular weight excluding hydrogens is 430 g/mol. The normalized spacial score (nSPS) is 22.0. The molecule has 2 aromatic rings. The zero-order chi connectivity index (χ0) is 23.4. The van der Waals surface area contributed by atoms with Crippen LogP contribution in [0.2, 0.25) is 0 Å². The minimum Gasteiger partial charge on any atom is -0.466 e. The lowest BCUT2D eigenvalue weighted by molar-refractivity contribution is -0.149. The van der Waals surface area contributed by atoms with Crippen LogP contribution in [0.15, 0.2) is 36.4 Å². The van der Waals surface area contributed by atoms with Gasteiger partial charge >= 0.3 is 5.97 Å². The molecule has 2 heterocycles. The minimum absolute atomic E-state index is 0.164. The number of rotatable bonds is 9. The molecule has 0 amide bonds. The minimum atomic E-state index is -0.925. The molecule has 0 spiro atoms. The molecule has 2 aromatic carbocycles. The monoisotopic (exact) mass is 460 g/mol. The van der Waals surface area contributed by atoms with Gasteiger partial charge in [0.15, 0.2) is 23.1 Å². The number of benzene rings is 2. The van der Waals surface area contributed by atoms with Crippen LogP contribution in [0, 0.1) is 17.6 Å². The van der Waals surface area contributed by atoms with Gasteiger partial charge < -0.3 is 19.5 Å². The second kappa shape index (κ2) is 10.5. The van der Waals surface area contributed by atoms with E-state index in [4.69, 9.17) is 14.2 Å². The number of carbonyl (C=O) groups excluding carboxylic acids is 1. The average molecular weight is 461 g/mol. The Hall–Kier alpha value is -2.71. The molecule has 6 nitrogen and oxygen atoms in total. The molecule has 0 radical (unpaired) electrons. The summed E-state index contributed by atoms with van der Waals surface area (Å²) in [7, 11) is 0. The van der Waals surface area contributed by atoms with Gasteiger partial charge in [0.25, 0.3) is 0 Å². The highest BCUT2D eigenvalue weighted by Crippen LogP contribution is 2.48. The van der Waals surface area contributed by atoms with Crippen LogP contribution in [0.1, 0.15) is 43.4 Å². The summed E-state index contributed by atoms with van der Waals surface area (Å²) >= 11 is 0. The van der Waals surface area contributed by atoms with Gasteiger partial charge in [0, 0.05) is 31.6 Å². The van der Waals surface area contributed by atoms with E-state index in [0.29, 0.717) is 30.2 Å². The van der Waals surface area contributed by atoms with Crippen molar-refractivity contribution in [3.8, 4) is 11.5 Å². The number of likely N-dealkylation sites (tertiary alicyclic amines) is 1. The number of ether oxygens (including phenoxy) is 3. The fourth-order valence-electron chi connectivity index (χ4n) is 4.78. The number of carbonyl (C=O) groups is 1. The van der Waals surface area contributed by atoms with Crippen LogP contribution >= 0.6 is 0 Å². The van der Waals surface area contributed by atoms with Gasteiger partial charge in [-0.1, -0.05) is 19.1 Å². The third-order valence-electron chi connectivity index (χ3n) is 6.27. The van der Waals surface area contributed by atoms with Gasteiger partial charge in [-0.15, -0.1) is 0 Å². The average Bonchev–Trinajstić information content (AvgIpc) is 3.43. The van der Waals surface area contributed by atoms with Crippen molar-refractivity contribution in [1.29, 1.82) is 0 Å². The van der Waals surface area contributed by atoms with Crippen molar-refractivity contribution >= 4 is 5.97 Å². The SMILES string of the molecule is CCCNCCN1CC(c2ccc3c(c2)OCO3)C(C(=O)OCC)C1c1ccc(F)c(F)c1. The van der Waals surface area contributed by atoms with Crippen LogP contribution in [-0.4, -0.2) is 50.4 Å². The van der Waals surface area contributed by atoms with Crippen molar-refractivity contribution < 1.29 is 27.8 Å². The Morgan fingerprint density at radius 3 is 2.61 bits per heavy atom. The van der Waals surface area contributed by atoms with Gasteiger partial charge in [-0.3, -0.25) is 9.69 Å². The van der Waals surface area contributed by atoms with Crippen molar-refractivity contribution in [3.05, 3.63) is 59.2 Å². The highest BCUT2D eigenvalue weighted by atomic mass is 19.2. The first-order valence-corrected chi connectivity index (χ1v) is 11.5. The third kappa shape index (κ3) is 4.96. The largest absolute Gasteiger partial charge is 0.466 e. The smallest absolute Gasteiger partial charge is 0.311 e. The Morgan fingerprint density at radius 2 is 1.85 bits per heavy atom. The predicted octanol–water partition coefficient (Wildman–Crippen LogP) is 4.01. The van der Waals surface area contributed by atoms with Gasteiger partial charge in [0.2, 0.25) is 6.79 Å². The molecule has 178 valence electrons. The van der Waals surface area contributed by atoms with E-state index in [-0.39, 0.29) is 25.3 Å². The molecule has 2 aliphatic heterocycles. The zero-order valence-electron chi connectivity index (χ0n) is 19.0. The maximum Gasteiger partial charge on any atom is 0.311 e. The Morgan fingerprint density at radius 1 is 1.06 bits per heavy atom. The third-order valence-corrected chi connectivity index (χ3v) is 6.27. The number of nitrogens with one attached hydrogen (secondary N) is 1. The van der Waals surface area contributed by atoms with Crippen LogP contribution in [0.5, 0.6) is 11.5 Å². The van der Waals surface area contributed by atoms with Gasteiger partial charge in [-0.25, -0.2) is 8.78 Å². The standard InChI is InChI=1S/C25H30F2N2O4/c1-3-9-28-10-11-29-14-18(16-6-8-21-22(13-16)33-15-32-21)23(25(30)31-4-2)24(29)17-5-7-19(26)20(27)12-17/h5-8,12-13,18,23-24,28H,3-4,9-11,14-15H2,1-2H3. The molecule has 33 heavy (non-hydrogen) atoms. The molecule has 0 aromatic heterocycles. The topological polar surface area (TPSA) is 60.0 Å². The quantitative estimate of drug-likeness (QED) is 0.451. The molecule has 3 unspecified atom stereocenters. The highest BCUT2D eigenvalue weighted by molar-refractivity contribution is 5.76. The molecule has 0 bridgehead atoms. The van der Waals surface area contributed by atoms with Crippen molar-refractivity contribution in [1.82, 2.24) is 10.2 Å². The fourth-order valence-corrected chi connectivity index (χ4v) is 4.78. The molecule has 8 heteroatoms. The van der Waals surface area contributed by atoms with Crippen molar-refractivity contribution in [2.75, 3.05) is 39.6 Å². The maximum atomic E-state index is 14.2. The van der Waals surface area contributed by atoms with Crippen LogP contribution in [0.25, 0.3) is 0 Å². The summed E-state index contributed by atoms with van der Waals surface area (Å²) in [5, 5.41) is 3.38. The van der Waals surface area contributed by atoms with Gasteiger partial charge in [-0.2, -0.15) is 0 Å². The molecule has 2 aliphatic rings. The van der Waals surface area contributed by atoms with Crippen molar-refractivity contribution in [2.45, 2.75) is 32.2 Å². The first kappa shape index (κ1) is 23.4. The van der Waals surface area contributed by atoms with E-state index in [1.165, 1.54) is 6.07 Å². The predicted molar refractivity (Wildman–Crippen MR) is 119 cm³/mol. The Labute approximate surface area is 192 Å². The molecule has 4 rings (SSSR count). The molecule has 1 N–H and O–H groups in total. The Bertz CT molecular complexity index is 987. The lowest BCUT2D eigenvalue weighted by Gasteiger charge is -2.28. The summed E-state index contributed by atoms with van der Waals surface area (Å²) in [6, 6.07) is 9.11. The van der Waals surface area contributed by atoms with Crippen molar-refractivity contribution in [3.63, 3.8) is 0 Å². The van der Waals surface area contributed by atoms with Crippen LogP contribution in [-0.2, 0) is 9.53 Å². The number of halogens is 2. The maximum absolute atomic E-state index is 14.2. The molecule has 0 aliphatic carbocycles. The van der Waals surface area contributed by atoms with E-state index in [1.807, 2.05) is 18.2 Å². The summed E-state index contributed by atoms with van der Waals surface area (Å²) < 4.78 is 44.3. The summed E-state index contributed by atoms with van der Waals surface area (Å²) in [4.78, 5) is 15.4. The number of nitrogens with zero attached hydrogens (tertiary/aromatic N) is 1. The fraction of sp³-hybridized carbons (Fsp3) is 0.480. The van der Waals surface area contributed by atoms with E-state index in [1.54, 1.807) is 13.0 Å². The van der Waals surface area contributed by atoms with Crippen LogP contribution in [0.3, 0.4) is 0 Å². The molecular formula is C25H30F2N2O4. The zero-order valence-corrected chi connectivity index (χ0v) is 19.0. The molecule has 1 fully saturated rings. The second-order valence-electron chi connectivity index (χ2n) is 8.36. The van der Waals surface area contributed by atoms with Crippen LogP contribution < -0.4 is 14.8 Å². The number of hydrogen-bond donors (Lipinski definition) is 1. The summed E-state index contributed by atoms with van der Waals surface area (Å²) in [6.07, 6.45) is 1.01.